The summed E-state index contributed by atoms with van der Waals surface area (Å²) in [4.78, 5) is 0.726. The summed E-state index contributed by atoms with van der Waals surface area (Å²) in [6, 6.07) is 0. The van der Waals surface area contributed by atoms with Crippen LogP contribution in [0.5, 0.6) is 0 Å². The zero-order valence-electron chi connectivity index (χ0n) is 4.53. The molecule has 0 radical (unpaired) electrons. The zero-order chi connectivity index (χ0) is 5.98. The minimum absolute atomic E-state index is 0.726. The molecule has 1 unspecified atom stereocenters. The van der Waals surface area contributed by atoms with Crippen LogP contribution in [0.3, 0.4) is 0 Å². The van der Waals surface area contributed by atoms with Crippen molar-refractivity contribution >= 4 is 31.9 Å². The van der Waals surface area contributed by atoms with Crippen molar-refractivity contribution in [2.24, 2.45) is 0 Å². The third-order valence-electron chi connectivity index (χ3n) is 1.29. The van der Waals surface area contributed by atoms with E-state index in [9.17, 15) is 0 Å². The van der Waals surface area contributed by atoms with Crippen LogP contribution in [-0.4, -0.2) is 4.83 Å². The van der Waals surface area contributed by atoms with Crippen LogP contribution in [0, 0.1) is 0 Å². The molecule has 1 aliphatic rings. The minimum Gasteiger partial charge on any atom is -0.0887 e. The van der Waals surface area contributed by atoms with Crippen molar-refractivity contribution in [1.82, 2.24) is 0 Å². The summed E-state index contributed by atoms with van der Waals surface area (Å²) in [5.41, 5.74) is 0. The Morgan fingerprint density at radius 1 is 1.62 bits per heavy atom. The topological polar surface area (TPSA) is 0 Å². The lowest BCUT2D eigenvalue weighted by Gasteiger charge is -2.11. The van der Waals surface area contributed by atoms with Gasteiger partial charge in [-0.2, -0.15) is 0 Å². The quantitative estimate of drug-likeness (QED) is 0.570. The number of halogens is 2. The summed E-state index contributed by atoms with van der Waals surface area (Å²) >= 11 is 7.01. The lowest BCUT2D eigenvalue weighted by Crippen LogP contribution is -2.00. The van der Waals surface area contributed by atoms with E-state index < -0.39 is 0 Å². The Labute approximate surface area is 66.6 Å². The van der Waals surface area contributed by atoms with Crippen molar-refractivity contribution in [2.75, 3.05) is 0 Å². The van der Waals surface area contributed by atoms with Crippen molar-refractivity contribution < 1.29 is 0 Å². The van der Waals surface area contributed by atoms with E-state index in [4.69, 9.17) is 0 Å². The van der Waals surface area contributed by atoms with Gasteiger partial charge in [0.1, 0.15) is 0 Å². The fourth-order valence-corrected chi connectivity index (χ4v) is 1.60. The molecular weight excluding hydrogens is 232 g/mol. The van der Waals surface area contributed by atoms with Crippen LogP contribution in [0.1, 0.15) is 19.3 Å². The SMILES string of the molecule is BrC1=CCC(Br)CC1. The third kappa shape index (κ3) is 1.90. The smallest absolute Gasteiger partial charge is 0.0184 e. The second-order valence-electron chi connectivity index (χ2n) is 2.02. The number of hydrogen-bond donors (Lipinski definition) is 0. The van der Waals surface area contributed by atoms with Crippen molar-refractivity contribution in [3.8, 4) is 0 Å². The second-order valence-corrected chi connectivity index (χ2v) is 4.34. The van der Waals surface area contributed by atoms with Crippen molar-refractivity contribution in [3.05, 3.63) is 10.6 Å². The van der Waals surface area contributed by atoms with Crippen LogP contribution in [0.15, 0.2) is 10.6 Å². The molecule has 2 heteroatoms. The van der Waals surface area contributed by atoms with E-state index in [1.54, 1.807) is 0 Å². The lowest BCUT2D eigenvalue weighted by molar-refractivity contribution is 0.754. The predicted octanol–water partition coefficient (Wildman–Crippen LogP) is 3.21. The Morgan fingerprint density at radius 2 is 2.38 bits per heavy atom. The molecule has 1 aliphatic carbocycles. The van der Waals surface area contributed by atoms with E-state index in [0.717, 1.165) is 4.83 Å². The number of allylic oxidation sites excluding steroid dienone is 2. The van der Waals surface area contributed by atoms with Gasteiger partial charge in [0.2, 0.25) is 0 Å². The highest BCUT2D eigenvalue weighted by Gasteiger charge is 2.07. The van der Waals surface area contributed by atoms with Crippen LogP contribution >= 0.6 is 31.9 Å². The first-order valence-electron chi connectivity index (χ1n) is 2.77. The van der Waals surface area contributed by atoms with Gasteiger partial charge in [-0.3, -0.25) is 0 Å². The molecule has 46 valence electrons. The Kier molecular flexibility index (Phi) is 2.57. The molecular formula is C6H8Br2. The van der Waals surface area contributed by atoms with Crippen molar-refractivity contribution in [2.45, 2.75) is 24.1 Å². The number of alkyl halides is 1. The van der Waals surface area contributed by atoms with Gasteiger partial charge in [-0.15, -0.1) is 0 Å². The average molecular weight is 240 g/mol. The maximum Gasteiger partial charge on any atom is 0.0184 e. The lowest BCUT2D eigenvalue weighted by atomic mass is 10.1. The molecule has 8 heavy (non-hydrogen) atoms. The van der Waals surface area contributed by atoms with Gasteiger partial charge in [-0.1, -0.05) is 37.9 Å². The summed E-state index contributed by atoms with van der Waals surface area (Å²) in [5, 5.41) is 0. The highest BCUT2D eigenvalue weighted by atomic mass is 79.9. The van der Waals surface area contributed by atoms with Crippen LogP contribution in [0.4, 0.5) is 0 Å². The Hall–Kier alpha value is 0.700. The van der Waals surface area contributed by atoms with E-state index >= 15 is 0 Å². The summed E-state index contributed by atoms with van der Waals surface area (Å²) < 4.78 is 1.37. The van der Waals surface area contributed by atoms with Gasteiger partial charge < -0.3 is 0 Å². The van der Waals surface area contributed by atoms with Gasteiger partial charge >= 0.3 is 0 Å². The molecule has 0 amide bonds. The van der Waals surface area contributed by atoms with Crippen molar-refractivity contribution in [3.63, 3.8) is 0 Å². The minimum atomic E-state index is 0.726. The van der Waals surface area contributed by atoms with Crippen LogP contribution < -0.4 is 0 Å². The van der Waals surface area contributed by atoms with Crippen LogP contribution in [0.2, 0.25) is 0 Å². The Balaban J connectivity index is 2.42. The van der Waals surface area contributed by atoms with E-state index in [1.165, 1.54) is 23.7 Å². The van der Waals surface area contributed by atoms with E-state index in [1.807, 2.05) is 0 Å². The van der Waals surface area contributed by atoms with Gasteiger partial charge in [-0.25, -0.2) is 0 Å². The molecule has 0 spiro atoms. The molecule has 0 aromatic rings. The molecule has 0 aromatic carbocycles. The molecule has 0 saturated carbocycles. The molecule has 0 aliphatic heterocycles. The van der Waals surface area contributed by atoms with E-state index in [-0.39, 0.29) is 0 Å². The van der Waals surface area contributed by atoms with Gasteiger partial charge in [0.05, 0.1) is 0 Å². The van der Waals surface area contributed by atoms with Crippen LogP contribution in [-0.2, 0) is 0 Å². The maximum atomic E-state index is 3.55. The summed E-state index contributed by atoms with van der Waals surface area (Å²) in [6.45, 7) is 0. The predicted molar refractivity (Wildman–Crippen MR) is 43.6 cm³/mol. The fraction of sp³-hybridized carbons (Fsp3) is 0.667. The molecule has 1 atom stereocenters. The molecule has 0 nitrogen and oxygen atoms in total. The Bertz CT molecular complexity index is 107. The first-order chi connectivity index (χ1) is 3.79. The maximum absolute atomic E-state index is 3.55. The molecule has 0 aromatic heterocycles. The first-order valence-corrected chi connectivity index (χ1v) is 4.48. The molecule has 0 heterocycles. The highest BCUT2D eigenvalue weighted by molar-refractivity contribution is 9.11. The third-order valence-corrected chi connectivity index (χ3v) is 2.84. The van der Waals surface area contributed by atoms with Crippen LogP contribution in [0.25, 0.3) is 0 Å². The standard InChI is InChI=1S/C6H8Br2/c7-5-1-2-6(8)4-3-5/h1,6H,2-4H2. The average Bonchev–Trinajstić information content (AvgIpc) is 1.77. The zero-order valence-corrected chi connectivity index (χ0v) is 7.70. The Morgan fingerprint density at radius 3 is 2.75 bits per heavy atom. The number of hydrogen-bond acceptors (Lipinski definition) is 0. The van der Waals surface area contributed by atoms with Gasteiger partial charge in [0.15, 0.2) is 0 Å². The molecule has 0 saturated heterocycles. The molecule has 0 fully saturated rings. The number of rotatable bonds is 0. The molecule has 0 bridgehead atoms. The van der Waals surface area contributed by atoms with E-state index in [0.29, 0.717) is 0 Å². The molecule has 0 N–H and O–H groups in total. The van der Waals surface area contributed by atoms with Gasteiger partial charge in [0.25, 0.3) is 0 Å². The highest BCUT2D eigenvalue weighted by Crippen LogP contribution is 2.26. The van der Waals surface area contributed by atoms with Gasteiger partial charge in [0, 0.05) is 4.83 Å². The van der Waals surface area contributed by atoms with Crippen molar-refractivity contribution in [1.29, 1.82) is 0 Å². The fourth-order valence-electron chi connectivity index (χ4n) is 0.770. The first kappa shape index (κ1) is 6.81. The van der Waals surface area contributed by atoms with Gasteiger partial charge in [-0.05, 0) is 23.7 Å². The summed E-state index contributed by atoms with van der Waals surface area (Å²) in [6.07, 6.45) is 5.90. The second kappa shape index (κ2) is 3.02. The van der Waals surface area contributed by atoms with E-state index in [2.05, 4.69) is 37.9 Å². The summed E-state index contributed by atoms with van der Waals surface area (Å²) in [5.74, 6) is 0. The normalized spacial score (nSPS) is 29.8. The largest absolute Gasteiger partial charge is 0.0887 e. The monoisotopic (exact) mass is 238 g/mol. The molecule has 1 rings (SSSR count). The summed E-state index contributed by atoms with van der Waals surface area (Å²) in [7, 11) is 0.